The average Bonchev–Trinajstić information content (AvgIpc) is 3.03. The molecule has 1 aliphatic carbocycles. The third-order valence-corrected chi connectivity index (χ3v) is 9.91. The SMILES string of the molecule is NC(=O)C1CCN(C(=O)c2ccc3c(=O)n(C4CCCCC4)c(SCC(=O)N4CCCc5ccccc54)nc3c2)CC1. The van der Waals surface area contributed by atoms with E-state index in [1.165, 1.54) is 17.3 Å². The van der Waals surface area contributed by atoms with Crippen molar-refractivity contribution >= 4 is 46.1 Å². The highest BCUT2D eigenvalue weighted by Gasteiger charge is 2.28. The molecule has 6 rings (SSSR count). The molecule has 1 saturated heterocycles. The lowest BCUT2D eigenvalue weighted by atomic mass is 9.95. The smallest absolute Gasteiger partial charge is 0.262 e. The average molecular weight is 588 g/mol. The molecule has 0 radical (unpaired) electrons. The van der Waals surface area contributed by atoms with E-state index in [1.807, 2.05) is 23.1 Å². The van der Waals surface area contributed by atoms with Gasteiger partial charge in [-0.1, -0.05) is 49.2 Å². The topological polar surface area (TPSA) is 119 Å². The molecule has 0 bridgehead atoms. The van der Waals surface area contributed by atoms with Crippen molar-refractivity contribution in [2.45, 2.75) is 69.0 Å². The third-order valence-electron chi connectivity index (χ3n) is 8.98. The number of primary amides is 1. The molecule has 2 N–H and O–H groups in total. The van der Waals surface area contributed by atoms with E-state index < -0.39 is 0 Å². The van der Waals surface area contributed by atoms with Crippen molar-refractivity contribution in [3.05, 3.63) is 63.9 Å². The number of hydrogen-bond donors (Lipinski definition) is 1. The van der Waals surface area contributed by atoms with Crippen LogP contribution in [0, 0.1) is 5.92 Å². The summed E-state index contributed by atoms with van der Waals surface area (Å²) in [5.41, 5.74) is 8.40. The van der Waals surface area contributed by atoms with Gasteiger partial charge in [-0.2, -0.15) is 0 Å². The second kappa shape index (κ2) is 12.3. The van der Waals surface area contributed by atoms with Crippen LogP contribution >= 0.6 is 11.8 Å². The van der Waals surface area contributed by atoms with Crippen molar-refractivity contribution < 1.29 is 14.4 Å². The van der Waals surface area contributed by atoms with Crippen molar-refractivity contribution in [1.29, 1.82) is 0 Å². The van der Waals surface area contributed by atoms with Gasteiger partial charge in [0, 0.05) is 42.8 Å². The maximum absolute atomic E-state index is 13.9. The Balaban J connectivity index is 1.29. The van der Waals surface area contributed by atoms with E-state index in [0.29, 0.717) is 54.1 Å². The number of nitrogens with two attached hydrogens (primary N) is 1. The number of nitrogens with zero attached hydrogens (tertiary/aromatic N) is 4. The van der Waals surface area contributed by atoms with Crippen LogP contribution in [0.1, 0.15) is 73.3 Å². The molecule has 220 valence electrons. The Hall–Kier alpha value is -3.66. The van der Waals surface area contributed by atoms with Crippen LogP contribution in [-0.2, 0) is 16.0 Å². The van der Waals surface area contributed by atoms with Crippen LogP contribution < -0.4 is 16.2 Å². The number of aromatic nitrogens is 2. The number of hydrogen-bond acceptors (Lipinski definition) is 6. The highest BCUT2D eigenvalue weighted by Crippen LogP contribution is 2.33. The first kappa shape index (κ1) is 28.5. The van der Waals surface area contributed by atoms with Gasteiger partial charge >= 0.3 is 0 Å². The Labute approximate surface area is 249 Å². The number of piperidine rings is 1. The summed E-state index contributed by atoms with van der Waals surface area (Å²) >= 11 is 1.31. The first-order valence-corrected chi connectivity index (χ1v) is 16.0. The zero-order valence-electron chi connectivity index (χ0n) is 23.8. The predicted octanol–water partition coefficient (Wildman–Crippen LogP) is 4.31. The number of rotatable bonds is 6. The predicted molar refractivity (Wildman–Crippen MR) is 164 cm³/mol. The summed E-state index contributed by atoms with van der Waals surface area (Å²) in [7, 11) is 0. The molecule has 1 saturated carbocycles. The molecule has 10 heteroatoms. The van der Waals surface area contributed by atoms with Gasteiger partial charge in [-0.3, -0.25) is 23.7 Å². The van der Waals surface area contributed by atoms with Crippen molar-refractivity contribution in [1.82, 2.24) is 14.5 Å². The summed E-state index contributed by atoms with van der Waals surface area (Å²) in [6.07, 6.45) is 8.08. The first-order valence-electron chi connectivity index (χ1n) is 15.1. The Morgan fingerprint density at radius 2 is 1.69 bits per heavy atom. The number of fused-ring (bicyclic) bond motifs is 2. The molecule has 2 aliphatic heterocycles. The molecular weight excluding hydrogens is 550 g/mol. The van der Waals surface area contributed by atoms with E-state index >= 15 is 0 Å². The molecule has 2 aromatic carbocycles. The number of anilines is 1. The van der Waals surface area contributed by atoms with Gasteiger partial charge in [0.05, 0.1) is 16.7 Å². The summed E-state index contributed by atoms with van der Waals surface area (Å²) < 4.78 is 1.81. The summed E-state index contributed by atoms with van der Waals surface area (Å²) in [6, 6.07) is 13.2. The lowest BCUT2D eigenvalue weighted by molar-refractivity contribution is -0.123. The van der Waals surface area contributed by atoms with Crippen molar-refractivity contribution in [2.24, 2.45) is 11.7 Å². The minimum atomic E-state index is -0.320. The van der Waals surface area contributed by atoms with Crippen molar-refractivity contribution in [3.63, 3.8) is 0 Å². The van der Waals surface area contributed by atoms with Crippen LogP contribution in [-0.4, -0.2) is 57.6 Å². The Morgan fingerprint density at radius 3 is 2.45 bits per heavy atom. The van der Waals surface area contributed by atoms with Crippen LogP contribution in [0.4, 0.5) is 5.69 Å². The molecule has 42 heavy (non-hydrogen) atoms. The number of likely N-dealkylation sites (tertiary alicyclic amines) is 1. The standard InChI is InChI=1S/C32H37N5O4S/c33-29(39)22-14-17-35(18-15-22)30(40)23-12-13-25-26(19-23)34-32(37(31(25)41)24-9-2-1-3-10-24)42-20-28(38)36-16-6-8-21-7-4-5-11-27(21)36/h4-5,7,11-13,19,22,24H,1-3,6,8-10,14-18,20H2,(H2,33,39). The molecular formula is C32H37N5O4S. The van der Waals surface area contributed by atoms with Gasteiger partial charge in [-0.15, -0.1) is 0 Å². The lowest BCUT2D eigenvalue weighted by Crippen LogP contribution is -2.41. The monoisotopic (exact) mass is 587 g/mol. The molecule has 0 atom stereocenters. The quantitative estimate of drug-likeness (QED) is 0.339. The summed E-state index contributed by atoms with van der Waals surface area (Å²) in [5.74, 6) is -0.497. The fourth-order valence-corrected chi connectivity index (χ4v) is 7.56. The van der Waals surface area contributed by atoms with Crippen LogP contribution in [0.15, 0.2) is 52.4 Å². The van der Waals surface area contributed by atoms with Crippen LogP contribution in [0.3, 0.4) is 0 Å². The summed E-state index contributed by atoms with van der Waals surface area (Å²) in [5, 5.41) is 1.01. The van der Waals surface area contributed by atoms with E-state index in [2.05, 4.69) is 6.07 Å². The number of para-hydroxylation sites is 1. The normalized spacial score (nSPS) is 18.2. The summed E-state index contributed by atoms with van der Waals surface area (Å²) in [6.45, 7) is 1.60. The second-order valence-electron chi connectivity index (χ2n) is 11.6. The summed E-state index contributed by atoms with van der Waals surface area (Å²) in [4.78, 5) is 60.8. The molecule has 3 heterocycles. The number of carbonyl (C=O) groups excluding carboxylic acids is 3. The number of thioether (sulfide) groups is 1. The van der Waals surface area contributed by atoms with E-state index in [9.17, 15) is 19.2 Å². The number of benzene rings is 2. The van der Waals surface area contributed by atoms with E-state index in [-0.39, 0.29) is 41.0 Å². The van der Waals surface area contributed by atoms with Crippen LogP contribution in [0.5, 0.6) is 0 Å². The lowest BCUT2D eigenvalue weighted by Gasteiger charge is -2.30. The van der Waals surface area contributed by atoms with Gasteiger partial charge in [-0.25, -0.2) is 4.98 Å². The Kier molecular flexibility index (Phi) is 8.33. The van der Waals surface area contributed by atoms with E-state index in [1.54, 1.807) is 27.7 Å². The molecule has 3 aliphatic rings. The Morgan fingerprint density at radius 1 is 0.929 bits per heavy atom. The minimum absolute atomic E-state index is 0.0000165. The number of amides is 3. The van der Waals surface area contributed by atoms with E-state index in [4.69, 9.17) is 10.7 Å². The minimum Gasteiger partial charge on any atom is -0.369 e. The maximum atomic E-state index is 13.9. The number of aryl methyl sites for hydroxylation is 1. The molecule has 2 fully saturated rings. The van der Waals surface area contributed by atoms with E-state index in [0.717, 1.165) is 50.6 Å². The zero-order chi connectivity index (χ0) is 29.2. The fraction of sp³-hybridized carbons (Fsp3) is 0.469. The molecule has 1 aromatic heterocycles. The van der Waals surface area contributed by atoms with Crippen molar-refractivity contribution in [3.8, 4) is 0 Å². The van der Waals surface area contributed by atoms with Gasteiger partial charge in [0.1, 0.15) is 0 Å². The van der Waals surface area contributed by atoms with Gasteiger partial charge in [0.2, 0.25) is 11.8 Å². The maximum Gasteiger partial charge on any atom is 0.262 e. The van der Waals surface area contributed by atoms with Gasteiger partial charge in [-0.05, 0) is 68.4 Å². The molecule has 0 spiro atoms. The van der Waals surface area contributed by atoms with Crippen molar-refractivity contribution in [2.75, 3.05) is 30.3 Å². The highest BCUT2D eigenvalue weighted by atomic mass is 32.2. The third kappa shape index (κ3) is 5.69. The molecule has 3 amide bonds. The van der Waals surface area contributed by atoms with Gasteiger partial charge in [0.15, 0.2) is 5.16 Å². The molecule has 3 aromatic rings. The highest BCUT2D eigenvalue weighted by molar-refractivity contribution is 7.99. The molecule has 9 nitrogen and oxygen atoms in total. The number of carbonyl (C=O) groups is 3. The van der Waals surface area contributed by atoms with Crippen LogP contribution in [0.25, 0.3) is 10.9 Å². The largest absolute Gasteiger partial charge is 0.369 e. The zero-order valence-corrected chi connectivity index (χ0v) is 24.6. The molecule has 0 unspecified atom stereocenters. The fourth-order valence-electron chi connectivity index (χ4n) is 6.62. The first-order chi connectivity index (χ1) is 20.4. The van der Waals surface area contributed by atoms with Gasteiger partial charge < -0.3 is 15.5 Å². The second-order valence-corrected chi connectivity index (χ2v) is 12.6. The Bertz CT molecular complexity index is 1570. The van der Waals surface area contributed by atoms with Crippen LogP contribution in [0.2, 0.25) is 0 Å². The van der Waals surface area contributed by atoms with Gasteiger partial charge in [0.25, 0.3) is 11.5 Å².